The standard InChI is InChI=1S/C21H32N4O2.2ClH/c1-16(23-20(26)8-7-17-9-10-22-15-17)13-21(27)24-18-5-4-6-19(14-18)25-11-2-3-12-25;;/h4-6,14,16-17,22H,2-3,7-13,15H2,1H3,(H,23,26)(H,24,27);2*1H. The Bertz CT molecular complexity index is 647. The van der Waals surface area contributed by atoms with Crippen molar-refractivity contribution in [3.63, 3.8) is 0 Å². The predicted octanol–water partition coefficient (Wildman–Crippen LogP) is 3.35. The first-order valence-corrected chi connectivity index (χ1v) is 10.2. The number of halogens is 2. The number of rotatable bonds is 8. The molecular formula is C21H34Cl2N4O2. The molecule has 2 fully saturated rings. The summed E-state index contributed by atoms with van der Waals surface area (Å²) in [5.74, 6) is 0.580. The van der Waals surface area contributed by atoms with Gasteiger partial charge in [0, 0.05) is 43.3 Å². The Hall–Kier alpha value is -1.50. The van der Waals surface area contributed by atoms with E-state index in [9.17, 15) is 9.59 Å². The molecule has 2 unspecified atom stereocenters. The number of benzene rings is 1. The van der Waals surface area contributed by atoms with E-state index in [-0.39, 0.29) is 49.1 Å². The van der Waals surface area contributed by atoms with Crippen LogP contribution in [0, 0.1) is 5.92 Å². The fraction of sp³-hybridized carbons (Fsp3) is 0.619. The number of hydrogen-bond acceptors (Lipinski definition) is 4. The molecular weight excluding hydrogens is 411 g/mol. The normalized spacial score (nSPS) is 19.1. The molecule has 1 aromatic rings. The second-order valence-electron chi connectivity index (χ2n) is 7.86. The van der Waals surface area contributed by atoms with Crippen molar-refractivity contribution < 1.29 is 9.59 Å². The summed E-state index contributed by atoms with van der Waals surface area (Å²) in [6, 6.07) is 7.84. The first-order valence-electron chi connectivity index (χ1n) is 10.2. The molecule has 6 nitrogen and oxygen atoms in total. The molecule has 2 aliphatic heterocycles. The zero-order valence-corrected chi connectivity index (χ0v) is 18.7. The van der Waals surface area contributed by atoms with E-state index in [4.69, 9.17) is 0 Å². The van der Waals surface area contributed by atoms with E-state index >= 15 is 0 Å². The van der Waals surface area contributed by atoms with Crippen LogP contribution < -0.4 is 20.9 Å². The van der Waals surface area contributed by atoms with Crippen molar-refractivity contribution in [3.8, 4) is 0 Å². The summed E-state index contributed by atoms with van der Waals surface area (Å²) < 4.78 is 0. The van der Waals surface area contributed by atoms with E-state index in [0.717, 1.165) is 50.4 Å². The lowest BCUT2D eigenvalue weighted by Crippen LogP contribution is -2.35. The average molecular weight is 445 g/mol. The molecule has 2 aliphatic rings. The van der Waals surface area contributed by atoms with E-state index < -0.39 is 0 Å². The van der Waals surface area contributed by atoms with Crippen LogP contribution in [0.1, 0.15) is 45.4 Å². The fourth-order valence-electron chi connectivity index (χ4n) is 3.94. The Balaban J connectivity index is 0.00000210. The van der Waals surface area contributed by atoms with Gasteiger partial charge in [0.05, 0.1) is 0 Å². The van der Waals surface area contributed by atoms with Gasteiger partial charge in [-0.1, -0.05) is 6.07 Å². The van der Waals surface area contributed by atoms with Crippen molar-refractivity contribution in [3.05, 3.63) is 24.3 Å². The summed E-state index contributed by atoms with van der Waals surface area (Å²) in [6.45, 7) is 6.12. The van der Waals surface area contributed by atoms with Crippen LogP contribution in [0.2, 0.25) is 0 Å². The van der Waals surface area contributed by atoms with Crippen molar-refractivity contribution in [1.29, 1.82) is 0 Å². The van der Waals surface area contributed by atoms with Gasteiger partial charge in [-0.15, -0.1) is 24.8 Å². The number of amides is 2. The Labute approximate surface area is 186 Å². The lowest BCUT2D eigenvalue weighted by Gasteiger charge is -2.19. The molecule has 164 valence electrons. The highest BCUT2D eigenvalue weighted by Gasteiger charge is 2.18. The quantitative estimate of drug-likeness (QED) is 0.574. The summed E-state index contributed by atoms with van der Waals surface area (Å²) in [5, 5.41) is 9.23. The number of hydrogen-bond donors (Lipinski definition) is 3. The highest BCUT2D eigenvalue weighted by Crippen LogP contribution is 2.23. The third kappa shape index (κ3) is 8.41. The first kappa shape index (κ1) is 25.5. The minimum Gasteiger partial charge on any atom is -0.371 e. The van der Waals surface area contributed by atoms with E-state index in [1.54, 1.807) is 0 Å². The molecule has 29 heavy (non-hydrogen) atoms. The highest BCUT2D eigenvalue weighted by molar-refractivity contribution is 5.92. The Morgan fingerprint density at radius 2 is 1.97 bits per heavy atom. The van der Waals surface area contributed by atoms with Gasteiger partial charge in [-0.05, 0) is 69.8 Å². The minimum atomic E-state index is -0.166. The highest BCUT2D eigenvalue weighted by atomic mass is 35.5. The largest absolute Gasteiger partial charge is 0.371 e. The number of anilines is 2. The van der Waals surface area contributed by atoms with Gasteiger partial charge >= 0.3 is 0 Å². The van der Waals surface area contributed by atoms with Gasteiger partial charge < -0.3 is 20.9 Å². The molecule has 3 N–H and O–H groups in total. The zero-order valence-electron chi connectivity index (χ0n) is 17.1. The van der Waals surface area contributed by atoms with Gasteiger partial charge in [0.25, 0.3) is 0 Å². The second-order valence-corrected chi connectivity index (χ2v) is 7.86. The zero-order chi connectivity index (χ0) is 19.1. The van der Waals surface area contributed by atoms with Crippen molar-refractivity contribution in [2.24, 2.45) is 5.92 Å². The summed E-state index contributed by atoms with van der Waals surface area (Å²) in [5.41, 5.74) is 1.98. The summed E-state index contributed by atoms with van der Waals surface area (Å²) in [6.07, 6.45) is 5.35. The van der Waals surface area contributed by atoms with E-state index in [0.29, 0.717) is 12.3 Å². The van der Waals surface area contributed by atoms with Crippen LogP contribution in [0.25, 0.3) is 0 Å². The molecule has 8 heteroatoms. The molecule has 1 aromatic carbocycles. The van der Waals surface area contributed by atoms with Crippen LogP contribution in [0.5, 0.6) is 0 Å². The molecule has 0 spiro atoms. The molecule has 2 amide bonds. The molecule has 0 aromatic heterocycles. The SMILES string of the molecule is CC(CC(=O)Nc1cccc(N2CCCC2)c1)NC(=O)CCC1CCNC1.Cl.Cl. The maximum Gasteiger partial charge on any atom is 0.226 e. The molecule has 0 aliphatic carbocycles. The molecule has 0 radical (unpaired) electrons. The van der Waals surface area contributed by atoms with Crippen LogP contribution in [0.3, 0.4) is 0 Å². The van der Waals surface area contributed by atoms with Crippen LogP contribution in [0.4, 0.5) is 11.4 Å². The second kappa shape index (κ2) is 12.9. The van der Waals surface area contributed by atoms with Crippen LogP contribution in [-0.2, 0) is 9.59 Å². The van der Waals surface area contributed by atoms with Gasteiger partial charge in [-0.3, -0.25) is 9.59 Å². The maximum atomic E-state index is 12.3. The lowest BCUT2D eigenvalue weighted by molar-refractivity contribution is -0.122. The van der Waals surface area contributed by atoms with E-state index in [2.05, 4.69) is 26.9 Å². The van der Waals surface area contributed by atoms with Gasteiger partial charge in [-0.2, -0.15) is 0 Å². The summed E-state index contributed by atoms with van der Waals surface area (Å²) >= 11 is 0. The number of carbonyl (C=O) groups is 2. The molecule has 3 rings (SSSR count). The topological polar surface area (TPSA) is 73.5 Å². The number of nitrogens with zero attached hydrogens (tertiary/aromatic N) is 1. The molecule has 2 atom stereocenters. The van der Waals surface area contributed by atoms with E-state index in [1.807, 2.05) is 25.1 Å². The van der Waals surface area contributed by atoms with Crippen molar-refractivity contribution >= 4 is 48.0 Å². The monoisotopic (exact) mass is 444 g/mol. The van der Waals surface area contributed by atoms with Crippen molar-refractivity contribution in [2.45, 2.75) is 51.5 Å². The van der Waals surface area contributed by atoms with E-state index in [1.165, 1.54) is 12.8 Å². The molecule has 0 bridgehead atoms. The number of carbonyl (C=O) groups excluding carboxylic acids is 2. The molecule has 2 heterocycles. The van der Waals surface area contributed by atoms with Crippen LogP contribution >= 0.6 is 24.8 Å². The Kier molecular flexibility index (Phi) is 11.4. The fourth-order valence-corrected chi connectivity index (χ4v) is 3.94. The summed E-state index contributed by atoms with van der Waals surface area (Å²) in [7, 11) is 0. The number of nitrogens with one attached hydrogen (secondary N) is 3. The van der Waals surface area contributed by atoms with Gasteiger partial charge in [-0.25, -0.2) is 0 Å². The third-order valence-corrected chi connectivity index (χ3v) is 5.44. The maximum absolute atomic E-state index is 12.3. The van der Waals surface area contributed by atoms with Gasteiger partial charge in [0.1, 0.15) is 0 Å². The van der Waals surface area contributed by atoms with Crippen LogP contribution in [-0.4, -0.2) is 44.0 Å². The minimum absolute atomic E-state index is 0. The Morgan fingerprint density at radius 1 is 1.21 bits per heavy atom. The first-order chi connectivity index (χ1) is 13.1. The van der Waals surface area contributed by atoms with Crippen molar-refractivity contribution in [2.75, 3.05) is 36.4 Å². The summed E-state index contributed by atoms with van der Waals surface area (Å²) in [4.78, 5) is 26.7. The van der Waals surface area contributed by atoms with Crippen LogP contribution in [0.15, 0.2) is 24.3 Å². The molecule has 0 saturated carbocycles. The smallest absolute Gasteiger partial charge is 0.226 e. The van der Waals surface area contributed by atoms with Gasteiger partial charge in [0.15, 0.2) is 0 Å². The predicted molar refractivity (Wildman–Crippen MR) is 123 cm³/mol. The van der Waals surface area contributed by atoms with Gasteiger partial charge in [0.2, 0.25) is 11.8 Å². The third-order valence-electron chi connectivity index (χ3n) is 5.44. The van der Waals surface area contributed by atoms with Crippen molar-refractivity contribution in [1.82, 2.24) is 10.6 Å². The molecule has 2 saturated heterocycles. The Morgan fingerprint density at radius 3 is 2.66 bits per heavy atom. The lowest BCUT2D eigenvalue weighted by atomic mass is 10.0. The average Bonchev–Trinajstić information content (AvgIpc) is 3.34.